The average Bonchev–Trinajstić information content (AvgIpc) is 3.38. The Hall–Kier alpha value is -3.49. The molecular weight excluding hydrogens is 496 g/mol. The molecule has 0 saturated carbocycles. The van der Waals surface area contributed by atoms with Crippen LogP contribution in [0.5, 0.6) is 5.75 Å². The number of carbonyl (C=O) groups is 2. The molecule has 2 fully saturated rings. The Kier molecular flexibility index (Phi) is 6.64. The molecule has 37 heavy (non-hydrogen) atoms. The van der Waals surface area contributed by atoms with Gasteiger partial charge in [0.1, 0.15) is 5.75 Å². The third kappa shape index (κ3) is 4.55. The number of rotatable bonds is 6. The van der Waals surface area contributed by atoms with Gasteiger partial charge in [-0.25, -0.2) is 4.90 Å². The molecule has 2 aromatic carbocycles. The highest BCUT2D eigenvalue weighted by Gasteiger charge is 2.56. The van der Waals surface area contributed by atoms with Crippen LogP contribution in [-0.2, 0) is 14.3 Å². The lowest BCUT2D eigenvalue weighted by molar-refractivity contribution is -0.384. The molecule has 5 rings (SSSR count). The summed E-state index contributed by atoms with van der Waals surface area (Å²) in [4.78, 5) is 38.7. The molecule has 2 heterocycles. The monoisotopic (exact) mass is 522 g/mol. The number of carbonyl (C=O) groups excluding carboxylic acids is 2. The van der Waals surface area contributed by atoms with Gasteiger partial charge in [-0.15, -0.1) is 0 Å². The number of imide groups is 1. The highest BCUT2D eigenvalue weighted by atomic mass is 35.5. The number of nitrogens with zero attached hydrogens (tertiary/aromatic N) is 2. The average molecular weight is 523 g/mol. The summed E-state index contributed by atoms with van der Waals surface area (Å²) in [7, 11) is 0. The first-order valence-electron chi connectivity index (χ1n) is 12.2. The van der Waals surface area contributed by atoms with Crippen molar-refractivity contribution in [3.8, 4) is 5.75 Å². The summed E-state index contributed by atoms with van der Waals surface area (Å²) in [5.41, 5.74) is 4.20. The van der Waals surface area contributed by atoms with Gasteiger partial charge < -0.3 is 9.84 Å². The minimum Gasteiger partial charge on any atom is -0.508 e. The number of aromatic hydroxyl groups is 1. The quantitative estimate of drug-likeness (QED) is 0.226. The minimum absolute atomic E-state index is 0.118. The number of hydrogen-bond acceptors (Lipinski definition) is 6. The van der Waals surface area contributed by atoms with Crippen LogP contribution in [0.3, 0.4) is 0 Å². The van der Waals surface area contributed by atoms with Crippen molar-refractivity contribution in [3.63, 3.8) is 0 Å². The Labute approximate surface area is 219 Å². The van der Waals surface area contributed by atoms with Gasteiger partial charge in [0.05, 0.1) is 40.2 Å². The number of phenolic OH excluding ortho intramolecular Hbond substituents is 1. The second-order valence-electron chi connectivity index (χ2n) is 10.0. The SMILES string of the molecule is CC1=C2[C@@H](CC/C(C)=C/c3ccc(O)cc3Cl)OC[C@@H]2[C@@H]2C(=O)N(c3cccc([N+](=O)[O-])c3)C(=O)[C@@H]2C1. The molecule has 8 nitrogen and oxygen atoms in total. The van der Waals surface area contributed by atoms with E-state index in [-0.39, 0.29) is 41.0 Å². The second kappa shape index (κ2) is 9.76. The summed E-state index contributed by atoms with van der Waals surface area (Å²) in [6, 6.07) is 10.5. The summed E-state index contributed by atoms with van der Waals surface area (Å²) >= 11 is 6.23. The first-order valence-corrected chi connectivity index (χ1v) is 12.6. The van der Waals surface area contributed by atoms with Crippen molar-refractivity contribution < 1.29 is 24.4 Å². The lowest BCUT2D eigenvalue weighted by Gasteiger charge is -2.30. The predicted octanol–water partition coefficient (Wildman–Crippen LogP) is 5.68. The van der Waals surface area contributed by atoms with E-state index >= 15 is 0 Å². The number of amides is 2. The van der Waals surface area contributed by atoms with Crippen LogP contribution in [0.1, 0.15) is 38.7 Å². The Bertz CT molecular complexity index is 1370. The van der Waals surface area contributed by atoms with Crippen molar-refractivity contribution in [2.75, 3.05) is 11.5 Å². The number of allylic oxidation sites excluding steroid dienone is 2. The van der Waals surface area contributed by atoms with Crippen LogP contribution in [0.4, 0.5) is 11.4 Å². The fourth-order valence-corrected chi connectivity index (χ4v) is 6.19. The van der Waals surface area contributed by atoms with Gasteiger partial charge in [0.15, 0.2) is 0 Å². The smallest absolute Gasteiger partial charge is 0.271 e. The van der Waals surface area contributed by atoms with Crippen molar-refractivity contribution in [2.24, 2.45) is 17.8 Å². The minimum atomic E-state index is -0.535. The Morgan fingerprint density at radius 3 is 2.73 bits per heavy atom. The molecule has 0 bridgehead atoms. The van der Waals surface area contributed by atoms with Crippen LogP contribution in [-0.4, -0.2) is 34.6 Å². The van der Waals surface area contributed by atoms with Gasteiger partial charge in [0.25, 0.3) is 5.69 Å². The molecule has 0 aromatic heterocycles. The first-order chi connectivity index (χ1) is 17.7. The van der Waals surface area contributed by atoms with Gasteiger partial charge in [-0.2, -0.15) is 0 Å². The number of benzene rings is 2. The van der Waals surface area contributed by atoms with Gasteiger partial charge in [-0.3, -0.25) is 19.7 Å². The van der Waals surface area contributed by atoms with E-state index in [0.29, 0.717) is 18.1 Å². The molecule has 3 aliphatic rings. The zero-order chi connectivity index (χ0) is 26.4. The molecule has 2 amide bonds. The van der Waals surface area contributed by atoms with E-state index in [1.165, 1.54) is 24.3 Å². The van der Waals surface area contributed by atoms with E-state index < -0.39 is 16.8 Å². The zero-order valence-corrected chi connectivity index (χ0v) is 21.3. The molecule has 1 N–H and O–H groups in total. The summed E-state index contributed by atoms with van der Waals surface area (Å²) in [6.07, 6.45) is 3.81. The van der Waals surface area contributed by atoms with E-state index in [9.17, 15) is 24.8 Å². The van der Waals surface area contributed by atoms with Crippen molar-refractivity contribution in [1.29, 1.82) is 0 Å². The van der Waals surface area contributed by atoms with E-state index in [1.807, 2.05) is 19.9 Å². The molecule has 2 saturated heterocycles. The molecule has 2 aliphatic heterocycles. The van der Waals surface area contributed by atoms with Crippen LogP contribution < -0.4 is 4.90 Å². The van der Waals surface area contributed by atoms with Gasteiger partial charge in [0.2, 0.25) is 11.8 Å². The molecule has 9 heteroatoms. The van der Waals surface area contributed by atoms with E-state index in [1.54, 1.807) is 18.2 Å². The third-order valence-corrected chi connectivity index (χ3v) is 7.97. The van der Waals surface area contributed by atoms with Gasteiger partial charge in [-0.1, -0.05) is 34.9 Å². The fourth-order valence-electron chi connectivity index (χ4n) is 5.96. The zero-order valence-electron chi connectivity index (χ0n) is 20.5. The second-order valence-corrected chi connectivity index (χ2v) is 10.4. The molecular formula is C28H27ClN2O6. The lowest BCUT2D eigenvalue weighted by Crippen LogP contribution is -2.34. The number of phenols is 1. The number of non-ortho nitro benzene ring substituents is 1. The molecule has 4 atom stereocenters. The van der Waals surface area contributed by atoms with Crippen molar-refractivity contribution in [1.82, 2.24) is 0 Å². The molecule has 192 valence electrons. The summed E-state index contributed by atoms with van der Waals surface area (Å²) in [6.45, 7) is 4.39. The highest BCUT2D eigenvalue weighted by molar-refractivity contribution is 6.32. The number of hydrogen-bond donors (Lipinski definition) is 1. The maximum atomic E-state index is 13.5. The maximum absolute atomic E-state index is 13.5. The summed E-state index contributed by atoms with van der Waals surface area (Å²) < 4.78 is 6.18. The molecule has 0 unspecified atom stereocenters. The van der Waals surface area contributed by atoms with Crippen LogP contribution in [0.15, 0.2) is 59.2 Å². The van der Waals surface area contributed by atoms with E-state index in [4.69, 9.17) is 16.3 Å². The molecule has 1 aliphatic carbocycles. The van der Waals surface area contributed by atoms with Crippen molar-refractivity contribution in [3.05, 3.63) is 79.9 Å². The standard InChI is InChI=1S/C28H27ClN2O6/c1-15(10-17-7-8-20(32)13-23(17)29)6-9-24-25-16(2)11-21-26(22(25)14-37-24)28(34)30(27(21)33)18-4-3-5-19(12-18)31(35)36/h3-5,7-8,10,12-13,21-22,24,26,32H,6,9,11,14H2,1-2H3/b15-10+/t21-,22+,24-,26-/m1/s1. The Morgan fingerprint density at radius 1 is 1.22 bits per heavy atom. The van der Waals surface area contributed by atoms with Gasteiger partial charge in [-0.05, 0) is 68.5 Å². The number of halogens is 1. The Morgan fingerprint density at radius 2 is 2.00 bits per heavy atom. The first kappa shape index (κ1) is 25.2. The number of ether oxygens (including phenoxy) is 1. The van der Waals surface area contributed by atoms with E-state index in [0.717, 1.165) is 40.0 Å². The number of anilines is 1. The predicted molar refractivity (Wildman–Crippen MR) is 139 cm³/mol. The maximum Gasteiger partial charge on any atom is 0.271 e. The number of nitro groups is 1. The third-order valence-electron chi connectivity index (χ3n) is 7.64. The topological polar surface area (TPSA) is 110 Å². The van der Waals surface area contributed by atoms with Crippen molar-refractivity contribution in [2.45, 2.75) is 39.2 Å². The number of fused-ring (bicyclic) bond motifs is 3. The van der Waals surface area contributed by atoms with Crippen LogP contribution in [0.25, 0.3) is 6.08 Å². The van der Waals surface area contributed by atoms with Gasteiger partial charge in [0, 0.05) is 18.1 Å². The molecule has 0 radical (unpaired) electrons. The lowest BCUT2D eigenvalue weighted by atomic mass is 9.70. The normalized spacial score (nSPS) is 25.5. The van der Waals surface area contributed by atoms with Crippen LogP contribution >= 0.6 is 11.6 Å². The fraction of sp³-hybridized carbons (Fsp3) is 0.357. The molecule has 0 spiro atoms. The van der Waals surface area contributed by atoms with E-state index in [2.05, 4.69) is 0 Å². The van der Waals surface area contributed by atoms with Crippen molar-refractivity contribution >= 4 is 40.9 Å². The van der Waals surface area contributed by atoms with Crippen LogP contribution in [0, 0.1) is 27.9 Å². The Balaban J connectivity index is 1.33. The van der Waals surface area contributed by atoms with Crippen LogP contribution in [0.2, 0.25) is 5.02 Å². The summed E-state index contributed by atoms with van der Waals surface area (Å²) in [5.74, 6) is -1.69. The molecule has 2 aromatic rings. The number of nitro benzene ring substituents is 1. The largest absolute Gasteiger partial charge is 0.508 e. The van der Waals surface area contributed by atoms with Gasteiger partial charge >= 0.3 is 0 Å². The highest BCUT2D eigenvalue weighted by Crippen LogP contribution is 2.50. The summed E-state index contributed by atoms with van der Waals surface area (Å²) in [5, 5.41) is 21.3.